The van der Waals surface area contributed by atoms with Gasteiger partial charge in [-0.05, 0) is 104 Å². The van der Waals surface area contributed by atoms with Crippen molar-refractivity contribution in [3.63, 3.8) is 0 Å². The first kappa shape index (κ1) is 33.4. The second-order valence-corrected chi connectivity index (χ2v) is 12.7. The fourth-order valence-electron chi connectivity index (χ4n) is 5.63. The number of pyridine rings is 1. The average Bonchev–Trinajstić information content (AvgIpc) is 3.83. The van der Waals surface area contributed by atoms with E-state index in [1.807, 2.05) is 22.5 Å². The van der Waals surface area contributed by atoms with Gasteiger partial charge >= 0.3 is 5.97 Å². The maximum absolute atomic E-state index is 15.2. The summed E-state index contributed by atoms with van der Waals surface area (Å²) < 4.78 is 22.7. The molecule has 0 bridgehead atoms. The zero-order valence-corrected chi connectivity index (χ0v) is 27.3. The number of allylic oxidation sites excluding steroid dienone is 7. The molecule has 7 heteroatoms. The van der Waals surface area contributed by atoms with E-state index in [-0.39, 0.29) is 23.6 Å². The van der Waals surface area contributed by atoms with Crippen molar-refractivity contribution in [3.05, 3.63) is 86.5 Å². The van der Waals surface area contributed by atoms with E-state index in [4.69, 9.17) is 4.74 Å². The summed E-state index contributed by atoms with van der Waals surface area (Å²) in [6.07, 6.45) is 18.6. The van der Waals surface area contributed by atoms with E-state index in [1.54, 1.807) is 12.3 Å². The first-order valence-electron chi connectivity index (χ1n) is 16.3. The molecule has 2 aromatic rings. The van der Waals surface area contributed by atoms with Gasteiger partial charge in [0.15, 0.2) is 0 Å². The summed E-state index contributed by atoms with van der Waals surface area (Å²) in [4.78, 5) is 28.4. The Balaban J connectivity index is 1.32. The van der Waals surface area contributed by atoms with Crippen molar-refractivity contribution in [2.45, 2.75) is 92.0 Å². The van der Waals surface area contributed by atoms with E-state index in [1.165, 1.54) is 22.8 Å². The van der Waals surface area contributed by atoms with Gasteiger partial charge < -0.3 is 19.5 Å². The number of nitrogens with one attached hydrogen (secondary N) is 1. The van der Waals surface area contributed by atoms with Gasteiger partial charge in [-0.1, -0.05) is 40.5 Å². The van der Waals surface area contributed by atoms with E-state index in [9.17, 15) is 9.59 Å². The topological polar surface area (TPSA) is 63.6 Å². The minimum atomic E-state index is -0.665. The Morgan fingerprint density at radius 1 is 0.909 bits per heavy atom. The summed E-state index contributed by atoms with van der Waals surface area (Å²) in [6.45, 7) is 13.8. The Bertz CT molecular complexity index is 1500. The van der Waals surface area contributed by atoms with Crippen molar-refractivity contribution in [2.24, 2.45) is 0 Å². The van der Waals surface area contributed by atoms with E-state index < -0.39 is 17.2 Å². The summed E-state index contributed by atoms with van der Waals surface area (Å²) in [5.74, 6) is -1.10. The minimum absolute atomic E-state index is 0.0374. The van der Waals surface area contributed by atoms with Crippen molar-refractivity contribution in [2.75, 3.05) is 37.7 Å². The number of hydrogen-bond donors (Lipinski definition) is 1. The number of carbonyl (C=O) groups is 1. The van der Waals surface area contributed by atoms with Crippen LogP contribution in [0.1, 0.15) is 102 Å². The molecular weight excluding hydrogens is 553 g/mol. The lowest BCUT2D eigenvalue weighted by molar-refractivity contribution is 0.0546. The molecule has 1 aliphatic heterocycles. The number of fused-ring (bicyclic) bond motifs is 1. The fourth-order valence-corrected chi connectivity index (χ4v) is 5.63. The van der Waals surface area contributed by atoms with Crippen LogP contribution in [0, 0.1) is 5.82 Å². The van der Waals surface area contributed by atoms with Crippen LogP contribution in [0.3, 0.4) is 0 Å². The highest BCUT2D eigenvalue weighted by molar-refractivity contribution is 5.94. The normalized spacial score (nSPS) is 16.4. The number of rotatable bonds is 14. The van der Waals surface area contributed by atoms with Gasteiger partial charge in [-0.15, -0.1) is 0 Å². The maximum atomic E-state index is 15.2. The summed E-state index contributed by atoms with van der Waals surface area (Å²) in [7, 11) is 0. The Morgan fingerprint density at radius 2 is 1.50 bits per heavy atom. The monoisotopic (exact) mass is 603 g/mol. The van der Waals surface area contributed by atoms with Crippen LogP contribution in [0.5, 0.6) is 0 Å². The van der Waals surface area contributed by atoms with Gasteiger partial charge in [-0.2, -0.15) is 0 Å². The molecule has 2 heterocycles. The van der Waals surface area contributed by atoms with Gasteiger partial charge in [-0.3, -0.25) is 4.79 Å². The molecule has 0 amide bonds. The number of esters is 1. The first-order chi connectivity index (χ1) is 21.1. The van der Waals surface area contributed by atoms with Crippen LogP contribution in [0.15, 0.2) is 69.7 Å². The van der Waals surface area contributed by atoms with Gasteiger partial charge in [0.1, 0.15) is 18.0 Å². The standard InChI is InChI=1S/C37H50FN3O3/c1-26(2)9-6-10-27(3)11-7-12-28(4)13-8-14-29(5)17-22-44-37(43)32-25-41(30-15-16-30)34-24-35(40-20-18-39-19-21-40)33(38)23-31(34)36(32)42/h9,11,13,17,23-25,30,39H,6-8,10,12,14-16,18-22H2,1-5H3/b27-11+,28-13+,29-17+. The van der Waals surface area contributed by atoms with Crippen molar-refractivity contribution in [1.82, 2.24) is 9.88 Å². The summed E-state index contributed by atoms with van der Waals surface area (Å²) in [6, 6.07) is 3.28. The molecule has 1 aromatic heterocycles. The van der Waals surface area contributed by atoms with Gasteiger partial charge in [0.25, 0.3) is 0 Å². The Labute approximate surface area is 262 Å². The molecule has 2 aliphatic rings. The fraction of sp³-hybridized carbons (Fsp3) is 0.514. The van der Waals surface area contributed by atoms with E-state index >= 15 is 4.39 Å². The number of hydrogen-bond acceptors (Lipinski definition) is 5. The molecular formula is C37H50FN3O3. The Morgan fingerprint density at radius 3 is 2.09 bits per heavy atom. The predicted octanol–water partition coefficient (Wildman–Crippen LogP) is 8.19. The molecule has 6 nitrogen and oxygen atoms in total. The largest absolute Gasteiger partial charge is 0.458 e. The number of benzene rings is 1. The van der Waals surface area contributed by atoms with Crippen molar-refractivity contribution >= 4 is 22.6 Å². The van der Waals surface area contributed by atoms with Crippen LogP contribution in [0.25, 0.3) is 10.9 Å². The van der Waals surface area contributed by atoms with E-state index in [2.05, 4.69) is 51.2 Å². The predicted molar refractivity (Wildman–Crippen MR) is 180 cm³/mol. The molecule has 44 heavy (non-hydrogen) atoms. The SMILES string of the molecule is CC(C)=CCC/C(C)=C/CC/C(C)=C/CC/C(C)=C/COC(=O)c1cn(C2CC2)c2cc(N3CCNCC3)c(F)cc2c1=O. The van der Waals surface area contributed by atoms with E-state index in [0.29, 0.717) is 24.3 Å². The molecule has 0 atom stereocenters. The molecule has 1 saturated heterocycles. The number of piperazine rings is 1. The molecule has 238 valence electrons. The lowest BCUT2D eigenvalue weighted by Crippen LogP contribution is -2.43. The Hall–Kier alpha value is -3.45. The molecule has 4 rings (SSSR count). The van der Waals surface area contributed by atoms with Crippen LogP contribution in [0.4, 0.5) is 10.1 Å². The third kappa shape index (κ3) is 9.52. The molecule has 1 saturated carbocycles. The highest BCUT2D eigenvalue weighted by Gasteiger charge is 2.28. The van der Waals surface area contributed by atoms with Crippen LogP contribution in [0.2, 0.25) is 0 Å². The van der Waals surface area contributed by atoms with Crippen molar-refractivity contribution in [1.29, 1.82) is 0 Å². The first-order valence-corrected chi connectivity index (χ1v) is 16.3. The number of aromatic nitrogens is 1. The van der Waals surface area contributed by atoms with Crippen LogP contribution in [-0.4, -0.2) is 43.3 Å². The zero-order chi connectivity index (χ0) is 31.6. The number of ether oxygens (including phenoxy) is 1. The summed E-state index contributed by atoms with van der Waals surface area (Å²) in [5.41, 5.74) is 6.01. The average molecular weight is 604 g/mol. The third-order valence-corrected chi connectivity index (χ3v) is 8.52. The van der Waals surface area contributed by atoms with Crippen LogP contribution >= 0.6 is 0 Å². The highest BCUT2D eigenvalue weighted by atomic mass is 19.1. The van der Waals surface area contributed by atoms with Crippen molar-refractivity contribution in [3.8, 4) is 0 Å². The zero-order valence-electron chi connectivity index (χ0n) is 27.3. The molecule has 1 aliphatic carbocycles. The molecule has 0 radical (unpaired) electrons. The van der Waals surface area contributed by atoms with Gasteiger partial charge in [-0.25, -0.2) is 9.18 Å². The van der Waals surface area contributed by atoms with Gasteiger partial charge in [0.05, 0.1) is 11.2 Å². The number of nitrogens with zero attached hydrogens (tertiary/aromatic N) is 2. The second kappa shape index (κ2) is 16.0. The molecule has 2 fully saturated rings. The maximum Gasteiger partial charge on any atom is 0.343 e. The number of halogens is 1. The van der Waals surface area contributed by atoms with Crippen molar-refractivity contribution < 1.29 is 13.9 Å². The quantitative estimate of drug-likeness (QED) is 0.174. The van der Waals surface area contributed by atoms with Gasteiger partial charge in [0, 0.05) is 43.8 Å². The van der Waals surface area contributed by atoms with Gasteiger partial charge in [0.2, 0.25) is 5.43 Å². The highest BCUT2D eigenvalue weighted by Crippen LogP contribution is 2.38. The smallest absolute Gasteiger partial charge is 0.343 e. The lowest BCUT2D eigenvalue weighted by Gasteiger charge is -2.30. The molecule has 1 N–H and O–H groups in total. The van der Waals surface area contributed by atoms with E-state index in [0.717, 1.165) is 70.0 Å². The molecule has 1 aromatic carbocycles. The third-order valence-electron chi connectivity index (χ3n) is 8.52. The minimum Gasteiger partial charge on any atom is -0.458 e. The van der Waals surface area contributed by atoms with Crippen LogP contribution in [-0.2, 0) is 4.74 Å². The number of anilines is 1. The summed E-state index contributed by atoms with van der Waals surface area (Å²) >= 11 is 0. The lowest BCUT2D eigenvalue weighted by atomic mass is 10.0. The van der Waals surface area contributed by atoms with Crippen LogP contribution < -0.4 is 15.6 Å². The Kier molecular flexibility index (Phi) is 12.2. The second-order valence-electron chi connectivity index (χ2n) is 12.7. The molecule has 0 spiro atoms. The summed E-state index contributed by atoms with van der Waals surface area (Å²) in [5, 5.41) is 3.51. The number of carbonyl (C=O) groups excluding carboxylic acids is 1. The molecule has 0 unspecified atom stereocenters.